The molecule has 0 radical (unpaired) electrons. The van der Waals surface area contributed by atoms with Crippen molar-refractivity contribution in [3.8, 4) is 0 Å². The molecule has 56 valence electrons. The van der Waals surface area contributed by atoms with Crippen LogP contribution in [0.2, 0.25) is 0 Å². The lowest BCUT2D eigenvalue weighted by atomic mass is 10.1. The summed E-state index contributed by atoms with van der Waals surface area (Å²) in [7, 11) is 0. The highest BCUT2D eigenvalue weighted by molar-refractivity contribution is 5.83. The Labute approximate surface area is 60.1 Å². The second-order valence-electron chi connectivity index (χ2n) is 2.23. The van der Waals surface area contributed by atoms with Gasteiger partial charge < -0.3 is 0 Å². The minimum Gasteiger partial charge on any atom is -0.271 e. The van der Waals surface area contributed by atoms with Crippen molar-refractivity contribution in [2.24, 2.45) is 10.9 Å². The number of rotatable bonds is 3. The fraction of sp³-hybridized carbons (Fsp3) is 0.714. The molecule has 0 N–H and O–H groups in total. The highest BCUT2D eigenvalue weighted by atomic mass is 16.2. The molecule has 3 nitrogen and oxygen atoms in total. The van der Waals surface area contributed by atoms with Crippen molar-refractivity contribution in [2.45, 2.75) is 26.7 Å². The van der Waals surface area contributed by atoms with Crippen LogP contribution in [0.5, 0.6) is 0 Å². The number of carbonyl (C=O) groups is 1. The normalized spacial score (nSPS) is 11.8. The first-order valence-corrected chi connectivity index (χ1v) is 3.34. The molecule has 0 spiro atoms. The van der Waals surface area contributed by atoms with E-state index < -0.39 is 0 Å². The van der Waals surface area contributed by atoms with E-state index in [9.17, 15) is 9.59 Å². The molecule has 0 aliphatic carbocycles. The average Bonchev–Trinajstić information content (AvgIpc) is 1.89. The minimum absolute atomic E-state index is 0.133. The van der Waals surface area contributed by atoms with E-state index in [1.807, 2.05) is 6.92 Å². The zero-order chi connectivity index (χ0) is 7.98. The molecule has 0 heterocycles. The average molecular weight is 141 g/mol. The quantitative estimate of drug-likeness (QED) is 0.439. The lowest BCUT2D eigenvalue weighted by Crippen LogP contribution is -2.06. The fourth-order valence-electron chi connectivity index (χ4n) is 0.712. The van der Waals surface area contributed by atoms with Crippen LogP contribution in [0.3, 0.4) is 0 Å². The van der Waals surface area contributed by atoms with Gasteiger partial charge in [0.15, 0.2) is 0 Å². The minimum atomic E-state index is -0.364. The fourth-order valence-corrected chi connectivity index (χ4v) is 0.712. The Hall–Kier alpha value is -0.950. The summed E-state index contributed by atoms with van der Waals surface area (Å²) < 4.78 is 0. The van der Waals surface area contributed by atoms with Crippen molar-refractivity contribution < 1.29 is 9.59 Å². The van der Waals surface area contributed by atoms with Crippen LogP contribution >= 0.6 is 0 Å². The second-order valence-corrected chi connectivity index (χ2v) is 2.23. The standard InChI is InChI=1S/C7H11NO2/c1-3-4-6(2)7(10)8-5-9/h6H,3-4H2,1-2H3. The summed E-state index contributed by atoms with van der Waals surface area (Å²) in [6, 6.07) is 0. The van der Waals surface area contributed by atoms with Crippen molar-refractivity contribution in [3.63, 3.8) is 0 Å². The van der Waals surface area contributed by atoms with Gasteiger partial charge in [0, 0.05) is 5.92 Å². The number of amides is 1. The van der Waals surface area contributed by atoms with Crippen molar-refractivity contribution in [3.05, 3.63) is 0 Å². The van der Waals surface area contributed by atoms with E-state index in [4.69, 9.17) is 0 Å². The molecular weight excluding hydrogens is 130 g/mol. The topological polar surface area (TPSA) is 46.5 Å². The first-order chi connectivity index (χ1) is 4.72. The maximum Gasteiger partial charge on any atom is 0.259 e. The van der Waals surface area contributed by atoms with Gasteiger partial charge in [0.25, 0.3) is 5.91 Å². The van der Waals surface area contributed by atoms with Gasteiger partial charge in [-0.2, -0.15) is 0 Å². The summed E-state index contributed by atoms with van der Waals surface area (Å²) in [4.78, 5) is 23.3. The van der Waals surface area contributed by atoms with E-state index in [1.54, 1.807) is 6.92 Å². The molecule has 0 bridgehead atoms. The monoisotopic (exact) mass is 141 g/mol. The smallest absolute Gasteiger partial charge is 0.259 e. The molecule has 0 aromatic carbocycles. The van der Waals surface area contributed by atoms with Gasteiger partial charge in [0.05, 0.1) is 0 Å². The van der Waals surface area contributed by atoms with Crippen LogP contribution in [-0.4, -0.2) is 12.0 Å². The van der Waals surface area contributed by atoms with E-state index in [0.717, 1.165) is 12.8 Å². The molecule has 10 heavy (non-hydrogen) atoms. The van der Waals surface area contributed by atoms with E-state index >= 15 is 0 Å². The van der Waals surface area contributed by atoms with Gasteiger partial charge >= 0.3 is 0 Å². The first kappa shape index (κ1) is 9.05. The SMILES string of the molecule is CCCC(C)C(=O)N=C=O. The molecule has 0 fully saturated rings. The van der Waals surface area contributed by atoms with Crippen molar-refractivity contribution in [1.82, 2.24) is 0 Å². The van der Waals surface area contributed by atoms with Gasteiger partial charge in [0.1, 0.15) is 0 Å². The Bertz CT molecular complexity index is 159. The molecule has 0 aliphatic heterocycles. The highest BCUT2D eigenvalue weighted by Gasteiger charge is 2.09. The Morgan fingerprint density at radius 2 is 2.30 bits per heavy atom. The van der Waals surface area contributed by atoms with E-state index in [0.29, 0.717) is 0 Å². The van der Waals surface area contributed by atoms with E-state index in [2.05, 4.69) is 4.99 Å². The molecule has 1 atom stereocenters. The van der Waals surface area contributed by atoms with Gasteiger partial charge in [-0.15, -0.1) is 4.99 Å². The zero-order valence-corrected chi connectivity index (χ0v) is 6.26. The number of isocyanates is 1. The third kappa shape index (κ3) is 3.15. The maximum atomic E-state index is 10.7. The molecule has 0 saturated heterocycles. The molecule has 0 saturated carbocycles. The highest BCUT2D eigenvalue weighted by Crippen LogP contribution is 2.05. The molecule has 1 unspecified atom stereocenters. The van der Waals surface area contributed by atoms with Crippen LogP contribution in [0, 0.1) is 5.92 Å². The van der Waals surface area contributed by atoms with E-state index in [1.165, 1.54) is 6.08 Å². The molecule has 0 aromatic rings. The lowest BCUT2D eigenvalue weighted by molar-refractivity contribution is -0.121. The van der Waals surface area contributed by atoms with Gasteiger partial charge in [-0.1, -0.05) is 20.3 Å². The Balaban J connectivity index is 3.81. The summed E-state index contributed by atoms with van der Waals surface area (Å²) in [5.74, 6) is -0.497. The number of carbonyl (C=O) groups excluding carboxylic acids is 2. The lowest BCUT2D eigenvalue weighted by Gasteiger charge is -2.00. The number of aliphatic imine (C=N–C) groups is 1. The Morgan fingerprint density at radius 3 is 2.70 bits per heavy atom. The summed E-state index contributed by atoms with van der Waals surface area (Å²) in [5, 5.41) is 0. The van der Waals surface area contributed by atoms with Crippen LogP contribution in [0.15, 0.2) is 4.99 Å². The molecule has 1 amide bonds. The molecule has 0 rings (SSSR count). The maximum absolute atomic E-state index is 10.7. The van der Waals surface area contributed by atoms with Crippen molar-refractivity contribution in [2.75, 3.05) is 0 Å². The molecule has 0 aromatic heterocycles. The second kappa shape index (κ2) is 4.89. The van der Waals surface area contributed by atoms with Crippen molar-refractivity contribution in [1.29, 1.82) is 0 Å². The number of hydrogen-bond donors (Lipinski definition) is 0. The predicted molar refractivity (Wildman–Crippen MR) is 37.2 cm³/mol. The number of hydrogen-bond acceptors (Lipinski definition) is 2. The summed E-state index contributed by atoms with van der Waals surface area (Å²) >= 11 is 0. The van der Waals surface area contributed by atoms with Crippen LogP contribution in [0.25, 0.3) is 0 Å². The first-order valence-electron chi connectivity index (χ1n) is 3.34. The largest absolute Gasteiger partial charge is 0.271 e. The Morgan fingerprint density at radius 1 is 1.70 bits per heavy atom. The van der Waals surface area contributed by atoms with Crippen molar-refractivity contribution >= 4 is 12.0 Å². The molecular formula is C7H11NO2. The van der Waals surface area contributed by atoms with Crippen LogP contribution in [-0.2, 0) is 9.59 Å². The summed E-state index contributed by atoms with van der Waals surface area (Å²) in [6.07, 6.45) is 2.95. The van der Waals surface area contributed by atoms with E-state index in [-0.39, 0.29) is 11.8 Å². The molecule has 0 aliphatic rings. The zero-order valence-electron chi connectivity index (χ0n) is 6.26. The van der Waals surface area contributed by atoms with Crippen LogP contribution in [0.4, 0.5) is 0 Å². The third-order valence-corrected chi connectivity index (χ3v) is 1.30. The summed E-state index contributed by atoms with van der Waals surface area (Å²) in [5.41, 5.74) is 0. The molecule has 3 heteroatoms. The van der Waals surface area contributed by atoms with Gasteiger partial charge in [-0.3, -0.25) is 4.79 Å². The number of nitrogens with zero attached hydrogens (tertiary/aromatic N) is 1. The van der Waals surface area contributed by atoms with Gasteiger partial charge in [-0.05, 0) is 6.42 Å². The van der Waals surface area contributed by atoms with Crippen LogP contribution < -0.4 is 0 Å². The predicted octanol–water partition coefficient (Wildman–Crippen LogP) is 1.29. The van der Waals surface area contributed by atoms with Crippen LogP contribution in [0.1, 0.15) is 26.7 Å². The van der Waals surface area contributed by atoms with Gasteiger partial charge in [-0.25, -0.2) is 4.79 Å². The third-order valence-electron chi connectivity index (χ3n) is 1.30. The summed E-state index contributed by atoms with van der Waals surface area (Å²) in [6.45, 7) is 3.74. The Kier molecular flexibility index (Phi) is 4.42. The van der Waals surface area contributed by atoms with Gasteiger partial charge in [0.2, 0.25) is 6.08 Å².